The highest BCUT2D eigenvalue weighted by Crippen LogP contribution is 2.53. The van der Waals surface area contributed by atoms with E-state index in [0.717, 1.165) is 6.20 Å². The van der Waals surface area contributed by atoms with Crippen LogP contribution in [-0.4, -0.2) is 55.1 Å². The summed E-state index contributed by atoms with van der Waals surface area (Å²) in [6.07, 6.45) is -2.59. The summed E-state index contributed by atoms with van der Waals surface area (Å²) in [5.74, 6) is -2.25. The van der Waals surface area contributed by atoms with E-state index in [1.165, 1.54) is 21.8 Å². The van der Waals surface area contributed by atoms with Crippen LogP contribution < -0.4 is 4.90 Å². The summed E-state index contributed by atoms with van der Waals surface area (Å²) < 4.78 is 70.1. The minimum absolute atomic E-state index is 0.0845. The normalized spacial score (nSPS) is 19.2. The molecule has 9 nitrogen and oxygen atoms in total. The summed E-state index contributed by atoms with van der Waals surface area (Å²) in [5.41, 5.74) is -2.73. The van der Waals surface area contributed by atoms with E-state index in [9.17, 15) is 22.0 Å². The Balaban J connectivity index is 1.60. The number of aromatic nitrogens is 6. The smallest absolute Gasteiger partial charge is 0.348 e. The monoisotopic (exact) mass is 481 g/mol. The topological polar surface area (TPSA) is 97.3 Å². The van der Waals surface area contributed by atoms with Gasteiger partial charge < -0.3 is 4.90 Å². The predicted octanol–water partition coefficient (Wildman–Crippen LogP) is 3.99. The Morgan fingerprint density at radius 1 is 1.09 bits per heavy atom. The average molecular weight is 481 g/mol. The number of alkyl halides is 5. The van der Waals surface area contributed by atoms with Crippen LogP contribution in [0, 0.1) is 0 Å². The van der Waals surface area contributed by atoms with Crippen molar-refractivity contribution in [3.63, 3.8) is 0 Å². The van der Waals surface area contributed by atoms with Gasteiger partial charge in [-0.1, -0.05) is 26.0 Å². The van der Waals surface area contributed by atoms with E-state index in [1.54, 1.807) is 0 Å². The first-order chi connectivity index (χ1) is 15.8. The highest BCUT2D eigenvalue weighted by molar-refractivity contribution is 5.83. The lowest BCUT2D eigenvalue weighted by Crippen LogP contribution is -2.31. The number of nitrogens with zero attached hydrogens (tertiary/aromatic N) is 9. The molecule has 2 aliphatic heterocycles. The van der Waals surface area contributed by atoms with Crippen LogP contribution in [0.1, 0.15) is 44.1 Å². The van der Waals surface area contributed by atoms with Crippen molar-refractivity contribution in [1.82, 2.24) is 29.9 Å². The molecular formula is C20H20F5N9. The molecule has 5 heterocycles. The van der Waals surface area contributed by atoms with Crippen LogP contribution in [0.2, 0.25) is 0 Å². The molecule has 3 aromatic rings. The van der Waals surface area contributed by atoms with Crippen molar-refractivity contribution >= 4 is 17.0 Å². The molecular weight excluding hydrogens is 461 g/mol. The number of hydrogen-bond donors (Lipinski definition) is 0. The number of hydrogen-bond acceptors (Lipinski definition) is 8. The standard InChI is InChI=1S/C20H20F5N9/c1-17(2,3)16-27-14(33-7-5-18(21,22)10-33)13-15(28-16)34(32-29-13)9-11-4-6-26-8-12(11)19(30-31-19)20(23,24)25/h4,6,8H,5,7,9-10H2,1-3H3. The molecule has 5 rings (SSSR count). The first-order valence-corrected chi connectivity index (χ1v) is 10.5. The van der Waals surface area contributed by atoms with E-state index in [2.05, 4.69) is 35.5 Å². The minimum Gasteiger partial charge on any atom is -0.348 e. The van der Waals surface area contributed by atoms with E-state index in [1.807, 2.05) is 20.8 Å². The van der Waals surface area contributed by atoms with Gasteiger partial charge in [0.2, 0.25) is 0 Å². The van der Waals surface area contributed by atoms with Crippen LogP contribution >= 0.6 is 0 Å². The molecule has 1 fully saturated rings. The van der Waals surface area contributed by atoms with E-state index < -0.39 is 29.7 Å². The third-order valence-electron chi connectivity index (χ3n) is 5.79. The van der Waals surface area contributed by atoms with Gasteiger partial charge in [0.05, 0.1) is 13.1 Å². The Labute approximate surface area is 190 Å². The molecule has 1 saturated heterocycles. The molecule has 0 spiro atoms. The van der Waals surface area contributed by atoms with Gasteiger partial charge in [-0.2, -0.15) is 13.2 Å². The van der Waals surface area contributed by atoms with Crippen LogP contribution in [0.25, 0.3) is 11.2 Å². The van der Waals surface area contributed by atoms with E-state index in [4.69, 9.17) is 0 Å². The molecule has 0 bridgehead atoms. The predicted molar refractivity (Wildman–Crippen MR) is 110 cm³/mol. The fourth-order valence-corrected chi connectivity index (χ4v) is 3.88. The van der Waals surface area contributed by atoms with Crippen molar-refractivity contribution in [3.05, 3.63) is 35.4 Å². The Kier molecular flexibility index (Phi) is 4.69. The number of fused-ring (bicyclic) bond motifs is 1. The van der Waals surface area contributed by atoms with Gasteiger partial charge in [-0.15, -0.1) is 15.3 Å². The second-order valence-corrected chi connectivity index (χ2v) is 9.47. The molecule has 0 aliphatic carbocycles. The maximum absolute atomic E-state index is 13.9. The zero-order chi connectivity index (χ0) is 24.5. The van der Waals surface area contributed by atoms with Crippen LogP contribution in [0.3, 0.4) is 0 Å². The first kappa shape index (κ1) is 22.5. The molecule has 0 radical (unpaired) electrons. The van der Waals surface area contributed by atoms with Crippen molar-refractivity contribution < 1.29 is 22.0 Å². The number of rotatable bonds is 4. The Bertz CT molecular complexity index is 1290. The third-order valence-corrected chi connectivity index (χ3v) is 5.79. The fourth-order valence-electron chi connectivity index (χ4n) is 3.88. The third kappa shape index (κ3) is 3.64. The lowest BCUT2D eigenvalue weighted by molar-refractivity contribution is -0.166. The van der Waals surface area contributed by atoms with Crippen molar-refractivity contribution in [2.24, 2.45) is 10.2 Å². The molecule has 3 aromatic heterocycles. The average Bonchev–Trinajstić information content (AvgIpc) is 3.36. The second kappa shape index (κ2) is 7.09. The number of pyridine rings is 1. The summed E-state index contributed by atoms with van der Waals surface area (Å²) in [7, 11) is 0. The highest BCUT2D eigenvalue weighted by Gasteiger charge is 2.66. The summed E-state index contributed by atoms with van der Waals surface area (Å²) in [6, 6.07) is 1.42. The zero-order valence-electron chi connectivity index (χ0n) is 18.5. The summed E-state index contributed by atoms with van der Waals surface area (Å²) in [4.78, 5) is 14.3. The molecule has 0 atom stereocenters. The minimum atomic E-state index is -4.72. The highest BCUT2D eigenvalue weighted by atomic mass is 19.4. The first-order valence-electron chi connectivity index (χ1n) is 10.5. The van der Waals surface area contributed by atoms with Gasteiger partial charge in [-0.05, 0) is 11.6 Å². The van der Waals surface area contributed by atoms with Crippen molar-refractivity contribution in [2.75, 3.05) is 18.0 Å². The van der Waals surface area contributed by atoms with Crippen LogP contribution in [0.5, 0.6) is 0 Å². The Morgan fingerprint density at radius 3 is 2.41 bits per heavy atom. The summed E-state index contributed by atoms with van der Waals surface area (Å²) >= 11 is 0. The van der Waals surface area contributed by atoms with Crippen molar-refractivity contribution in [2.45, 2.75) is 56.9 Å². The van der Waals surface area contributed by atoms with Gasteiger partial charge in [-0.25, -0.2) is 23.4 Å². The Hall–Kier alpha value is -3.32. The van der Waals surface area contributed by atoms with Crippen LogP contribution in [-0.2, 0) is 17.6 Å². The molecule has 0 saturated carbocycles. The maximum atomic E-state index is 13.9. The van der Waals surface area contributed by atoms with Crippen molar-refractivity contribution in [1.29, 1.82) is 0 Å². The summed E-state index contributed by atoms with van der Waals surface area (Å²) in [5, 5.41) is 14.7. The molecule has 0 N–H and O–H groups in total. The molecule has 14 heteroatoms. The zero-order valence-corrected chi connectivity index (χ0v) is 18.5. The van der Waals surface area contributed by atoms with Gasteiger partial charge in [0, 0.05) is 36.3 Å². The van der Waals surface area contributed by atoms with Gasteiger partial charge in [0.1, 0.15) is 5.82 Å². The van der Waals surface area contributed by atoms with Crippen LogP contribution in [0.15, 0.2) is 28.7 Å². The van der Waals surface area contributed by atoms with E-state index in [-0.39, 0.29) is 47.6 Å². The fraction of sp³-hybridized carbons (Fsp3) is 0.550. The number of halogens is 5. The van der Waals surface area contributed by atoms with Crippen molar-refractivity contribution in [3.8, 4) is 0 Å². The number of anilines is 1. The van der Waals surface area contributed by atoms with Gasteiger partial charge in [0.25, 0.3) is 5.92 Å². The molecule has 0 aromatic carbocycles. The molecule has 0 amide bonds. The van der Waals surface area contributed by atoms with E-state index in [0.29, 0.717) is 5.82 Å². The molecule has 34 heavy (non-hydrogen) atoms. The Morgan fingerprint density at radius 2 is 1.82 bits per heavy atom. The molecule has 0 unspecified atom stereocenters. The van der Waals surface area contributed by atoms with E-state index >= 15 is 0 Å². The second-order valence-electron chi connectivity index (χ2n) is 9.47. The van der Waals surface area contributed by atoms with Gasteiger partial charge >= 0.3 is 11.8 Å². The molecule has 180 valence electrons. The van der Waals surface area contributed by atoms with Crippen LogP contribution in [0.4, 0.5) is 27.8 Å². The lowest BCUT2D eigenvalue weighted by Gasteiger charge is -2.22. The SMILES string of the molecule is CC(C)(C)c1nc(N2CCC(F)(F)C2)c2nnn(Cc3ccncc3C3(C(F)(F)F)N=N3)c2n1. The van der Waals surface area contributed by atoms with Gasteiger partial charge in [0.15, 0.2) is 17.0 Å². The van der Waals surface area contributed by atoms with Gasteiger partial charge in [-0.3, -0.25) is 4.98 Å². The largest absolute Gasteiger partial charge is 0.442 e. The lowest BCUT2D eigenvalue weighted by atomic mass is 9.95. The molecule has 2 aliphatic rings. The maximum Gasteiger partial charge on any atom is 0.442 e. The summed E-state index contributed by atoms with van der Waals surface area (Å²) in [6.45, 7) is 5.05. The quantitative estimate of drug-likeness (QED) is 0.523.